The molecular weight excluding hydrogens is 434 g/mol. The van der Waals surface area contributed by atoms with Gasteiger partial charge in [0.2, 0.25) is 5.91 Å². The van der Waals surface area contributed by atoms with Crippen LogP contribution in [-0.4, -0.2) is 64.2 Å². The highest BCUT2D eigenvalue weighted by Crippen LogP contribution is 2.12. The van der Waals surface area contributed by atoms with Gasteiger partial charge in [0.15, 0.2) is 5.11 Å². The Kier molecular flexibility index (Phi) is 9.86. The third-order valence-electron chi connectivity index (χ3n) is 5.76. The molecule has 0 unspecified atom stereocenters. The molecule has 2 aromatic rings. The predicted octanol–water partition coefficient (Wildman–Crippen LogP) is 2.12. The lowest BCUT2D eigenvalue weighted by molar-refractivity contribution is -0.117. The first-order chi connectivity index (χ1) is 16.0. The molecule has 5 N–H and O–H groups in total. The minimum Gasteiger partial charge on any atom is -0.362 e. The summed E-state index contributed by atoms with van der Waals surface area (Å²) in [5.74, 6) is -0.0502. The number of rotatable bonds is 10. The number of anilines is 1. The third kappa shape index (κ3) is 8.60. The molecular formula is C24H35N7OS. The lowest BCUT2D eigenvalue weighted by Gasteiger charge is -2.31. The van der Waals surface area contributed by atoms with Crippen molar-refractivity contribution in [2.75, 3.05) is 38.0 Å². The normalized spacial score (nSPS) is 15.0. The molecule has 0 bridgehead atoms. The molecule has 33 heavy (non-hydrogen) atoms. The fourth-order valence-electron chi connectivity index (χ4n) is 3.83. The van der Waals surface area contributed by atoms with Gasteiger partial charge in [-0.2, -0.15) is 0 Å². The first kappa shape index (κ1) is 24.9. The molecule has 1 aliphatic rings. The van der Waals surface area contributed by atoms with Gasteiger partial charge < -0.3 is 31.2 Å². The molecule has 0 aliphatic carbocycles. The highest BCUT2D eigenvalue weighted by atomic mass is 32.1. The molecule has 1 aliphatic heterocycles. The summed E-state index contributed by atoms with van der Waals surface area (Å²) in [5, 5.41) is 10.1. The summed E-state index contributed by atoms with van der Waals surface area (Å²) in [6.07, 6.45) is 10.0. The number of benzene rings is 1. The van der Waals surface area contributed by atoms with Crippen molar-refractivity contribution >= 4 is 35.0 Å². The molecule has 0 atom stereocenters. The number of piperidine rings is 1. The largest absolute Gasteiger partial charge is 0.362 e. The van der Waals surface area contributed by atoms with Crippen molar-refractivity contribution in [2.45, 2.75) is 38.8 Å². The van der Waals surface area contributed by atoms with Gasteiger partial charge in [0.25, 0.3) is 0 Å². The van der Waals surface area contributed by atoms with Gasteiger partial charge in [0, 0.05) is 69.0 Å². The van der Waals surface area contributed by atoms with Gasteiger partial charge in [-0.1, -0.05) is 12.1 Å². The lowest BCUT2D eigenvalue weighted by atomic mass is 10.0. The molecule has 2 heterocycles. The summed E-state index contributed by atoms with van der Waals surface area (Å²) in [6, 6.07) is 8.06. The average Bonchev–Trinajstić information content (AvgIpc) is 3.22. The summed E-state index contributed by atoms with van der Waals surface area (Å²) >= 11 is 5.38. The quantitative estimate of drug-likeness (QED) is 0.240. The second kappa shape index (κ2) is 13.1. The van der Waals surface area contributed by atoms with Gasteiger partial charge in [-0.3, -0.25) is 4.79 Å². The standard InChI is InChI=1S/C24H35N7OS/c1-19-17-26-18-31(19)13-2-12-27-24(33)29-21-6-3-20(4-7-21)5-8-23(32)28-22-9-14-30(15-10-22)16-11-25/h3-8,17-18,22H,2,9-16,25H2,1H3,(H,28,32)(H2,27,29,33)/b8-5+. The van der Waals surface area contributed by atoms with Gasteiger partial charge in [-0.25, -0.2) is 4.98 Å². The molecule has 0 radical (unpaired) electrons. The van der Waals surface area contributed by atoms with Crippen molar-refractivity contribution in [1.29, 1.82) is 0 Å². The molecule has 9 heteroatoms. The third-order valence-corrected chi connectivity index (χ3v) is 6.00. The van der Waals surface area contributed by atoms with Crippen LogP contribution in [0.1, 0.15) is 30.5 Å². The van der Waals surface area contributed by atoms with Crippen LogP contribution in [0.5, 0.6) is 0 Å². The van der Waals surface area contributed by atoms with Crippen molar-refractivity contribution in [3.05, 3.63) is 54.1 Å². The van der Waals surface area contributed by atoms with Gasteiger partial charge in [-0.15, -0.1) is 0 Å². The topological polar surface area (TPSA) is 100 Å². The highest BCUT2D eigenvalue weighted by Gasteiger charge is 2.19. The minimum atomic E-state index is -0.0502. The second-order valence-corrected chi connectivity index (χ2v) is 8.74. The van der Waals surface area contributed by atoms with E-state index >= 15 is 0 Å². The zero-order chi connectivity index (χ0) is 23.5. The molecule has 1 aromatic carbocycles. The van der Waals surface area contributed by atoms with E-state index in [2.05, 4.69) is 30.4 Å². The zero-order valence-electron chi connectivity index (χ0n) is 19.3. The van der Waals surface area contributed by atoms with Crippen LogP contribution in [0, 0.1) is 6.92 Å². The number of nitrogens with one attached hydrogen (secondary N) is 3. The molecule has 0 spiro atoms. The maximum atomic E-state index is 12.2. The van der Waals surface area contributed by atoms with Crippen molar-refractivity contribution in [3.8, 4) is 0 Å². The monoisotopic (exact) mass is 469 g/mol. The average molecular weight is 470 g/mol. The molecule has 178 valence electrons. The minimum absolute atomic E-state index is 0.0502. The van der Waals surface area contributed by atoms with E-state index in [4.69, 9.17) is 18.0 Å². The highest BCUT2D eigenvalue weighted by molar-refractivity contribution is 7.80. The Morgan fingerprint density at radius 1 is 1.24 bits per heavy atom. The van der Waals surface area contributed by atoms with Crippen LogP contribution < -0.4 is 21.7 Å². The van der Waals surface area contributed by atoms with Crippen LogP contribution in [0.3, 0.4) is 0 Å². The summed E-state index contributed by atoms with van der Waals surface area (Å²) < 4.78 is 2.12. The molecule has 1 fully saturated rings. The molecule has 0 saturated carbocycles. The van der Waals surface area contributed by atoms with Crippen LogP contribution in [0.4, 0.5) is 5.69 Å². The van der Waals surface area contributed by atoms with Crippen molar-refractivity contribution in [1.82, 2.24) is 25.1 Å². The number of aromatic nitrogens is 2. The number of hydrogen-bond donors (Lipinski definition) is 4. The van der Waals surface area contributed by atoms with E-state index in [0.717, 1.165) is 68.9 Å². The molecule has 3 rings (SSSR count). The summed E-state index contributed by atoms with van der Waals surface area (Å²) in [6.45, 7) is 7.32. The van der Waals surface area contributed by atoms with E-state index in [-0.39, 0.29) is 11.9 Å². The summed E-state index contributed by atoms with van der Waals surface area (Å²) in [4.78, 5) is 18.7. The number of amides is 1. The summed E-state index contributed by atoms with van der Waals surface area (Å²) in [7, 11) is 0. The number of thiocarbonyl (C=S) groups is 1. The molecule has 1 amide bonds. The van der Waals surface area contributed by atoms with Crippen LogP contribution in [-0.2, 0) is 11.3 Å². The summed E-state index contributed by atoms with van der Waals surface area (Å²) in [5.41, 5.74) is 8.64. The van der Waals surface area contributed by atoms with E-state index in [1.54, 1.807) is 6.08 Å². The molecule has 8 nitrogen and oxygen atoms in total. The molecule has 1 saturated heterocycles. The smallest absolute Gasteiger partial charge is 0.244 e. The number of carbonyl (C=O) groups excluding carboxylic acids is 1. The van der Waals surface area contributed by atoms with Crippen molar-refractivity contribution in [3.63, 3.8) is 0 Å². The Morgan fingerprint density at radius 2 is 2.00 bits per heavy atom. The van der Waals surface area contributed by atoms with E-state index < -0.39 is 0 Å². The van der Waals surface area contributed by atoms with E-state index in [1.807, 2.05) is 49.8 Å². The first-order valence-electron chi connectivity index (χ1n) is 11.6. The van der Waals surface area contributed by atoms with E-state index in [1.165, 1.54) is 0 Å². The van der Waals surface area contributed by atoms with Crippen LogP contribution in [0.15, 0.2) is 42.9 Å². The van der Waals surface area contributed by atoms with Gasteiger partial charge >= 0.3 is 0 Å². The van der Waals surface area contributed by atoms with Gasteiger partial charge in [-0.05, 0) is 62.2 Å². The Bertz CT molecular complexity index is 917. The number of nitrogens with zero attached hydrogens (tertiary/aromatic N) is 3. The maximum Gasteiger partial charge on any atom is 0.244 e. The van der Waals surface area contributed by atoms with Crippen LogP contribution in [0.25, 0.3) is 6.08 Å². The van der Waals surface area contributed by atoms with E-state index in [9.17, 15) is 4.79 Å². The van der Waals surface area contributed by atoms with Crippen LogP contribution >= 0.6 is 12.2 Å². The fraction of sp³-hybridized carbons (Fsp3) is 0.458. The predicted molar refractivity (Wildman–Crippen MR) is 138 cm³/mol. The number of nitrogens with two attached hydrogens (primary N) is 1. The van der Waals surface area contributed by atoms with Gasteiger partial charge in [0.1, 0.15) is 0 Å². The number of carbonyl (C=O) groups is 1. The Morgan fingerprint density at radius 3 is 2.67 bits per heavy atom. The number of likely N-dealkylation sites (tertiary alicyclic amines) is 1. The van der Waals surface area contributed by atoms with Crippen molar-refractivity contribution in [2.24, 2.45) is 5.73 Å². The number of hydrogen-bond acceptors (Lipinski definition) is 5. The Balaban J connectivity index is 1.34. The molecule has 1 aromatic heterocycles. The maximum absolute atomic E-state index is 12.2. The lowest BCUT2D eigenvalue weighted by Crippen LogP contribution is -2.45. The second-order valence-electron chi connectivity index (χ2n) is 8.33. The number of aryl methyl sites for hydroxylation is 2. The van der Waals surface area contributed by atoms with Crippen LogP contribution in [0.2, 0.25) is 0 Å². The Labute approximate surface area is 201 Å². The van der Waals surface area contributed by atoms with Crippen molar-refractivity contribution < 1.29 is 4.79 Å². The Hall–Kier alpha value is -2.75. The first-order valence-corrected chi connectivity index (χ1v) is 12.0. The number of imidazole rings is 1. The van der Waals surface area contributed by atoms with Gasteiger partial charge in [0.05, 0.1) is 6.33 Å². The fourth-order valence-corrected chi connectivity index (χ4v) is 4.05. The SMILES string of the molecule is Cc1cncn1CCCNC(=S)Nc1ccc(/C=C/C(=O)NC2CCN(CCN)CC2)cc1. The van der Waals surface area contributed by atoms with E-state index in [0.29, 0.717) is 11.7 Å². The zero-order valence-corrected chi connectivity index (χ0v) is 20.1.